The first-order chi connectivity index (χ1) is 10.6. The van der Waals surface area contributed by atoms with Crippen LogP contribution in [-0.4, -0.2) is 50.2 Å². The van der Waals surface area contributed by atoms with Crippen LogP contribution in [0, 0.1) is 0 Å². The van der Waals surface area contributed by atoms with Gasteiger partial charge in [0.15, 0.2) is 5.65 Å². The minimum absolute atomic E-state index is 0.215. The van der Waals surface area contributed by atoms with Gasteiger partial charge in [-0.15, -0.1) is 0 Å². The van der Waals surface area contributed by atoms with Crippen LogP contribution in [0.15, 0.2) is 6.20 Å². The fraction of sp³-hybridized carbons (Fsp3) is 0.600. The first-order valence-electron chi connectivity index (χ1n) is 7.78. The minimum atomic E-state index is 0.215. The van der Waals surface area contributed by atoms with E-state index in [1.54, 1.807) is 10.9 Å². The maximum Gasteiger partial charge on any atom is 0.222 e. The molecule has 1 unspecified atom stereocenters. The Kier molecular flexibility index (Phi) is 3.96. The van der Waals surface area contributed by atoms with Gasteiger partial charge in [-0.25, -0.2) is 9.97 Å². The Labute approximate surface area is 129 Å². The number of likely N-dealkylation sites (N-methyl/N-ethyl adjacent to an activating group) is 1. The molecular formula is C15H22N6O. The van der Waals surface area contributed by atoms with Crippen molar-refractivity contribution in [3.8, 4) is 0 Å². The SMILES string of the molecule is CCCc1nc(NCC2CCC(=O)N2C)c2cnn(C)c2n1. The normalized spacial score (nSPS) is 18.4. The second kappa shape index (κ2) is 5.90. The molecule has 1 fully saturated rings. The van der Waals surface area contributed by atoms with Gasteiger partial charge in [-0.3, -0.25) is 9.48 Å². The molecule has 0 aliphatic carbocycles. The van der Waals surface area contributed by atoms with Gasteiger partial charge >= 0.3 is 0 Å². The summed E-state index contributed by atoms with van der Waals surface area (Å²) in [6.07, 6.45) is 5.17. The third-order valence-corrected chi connectivity index (χ3v) is 4.25. The molecule has 3 heterocycles. The Morgan fingerprint density at radius 3 is 2.86 bits per heavy atom. The summed E-state index contributed by atoms with van der Waals surface area (Å²) in [4.78, 5) is 22.6. The van der Waals surface area contributed by atoms with E-state index < -0.39 is 0 Å². The zero-order valence-corrected chi connectivity index (χ0v) is 13.3. The lowest BCUT2D eigenvalue weighted by Gasteiger charge is -2.20. The van der Waals surface area contributed by atoms with Gasteiger partial charge in [0.2, 0.25) is 5.91 Å². The molecule has 1 aliphatic rings. The van der Waals surface area contributed by atoms with Gasteiger partial charge < -0.3 is 10.2 Å². The molecule has 2 aromatic rings. The monoisotopic (exact) mass is 302 g/mol. The second-order valence-corrected chi connectivity index (χ2v) is 5.82. The van der Waals surface area contributed by atoms with E-state index in [2.05, 4.69) is 27.3 Å². The number of likely N-dealkylation sites (tertiary alicyclic amines) is 1. The predicted octanol–water partition coefficient (Wildman–Crippen LogP) is 1.35. The molecule has 0 spiro atoms. The average molecular weight is 302 g/mol. The fourth-order valence-corrected chi connectivity index (χ4v) is 2.85. The van der Waals surface area contributed by atoms with Crippen LogP contribution in [0.25, 0.3) is 11.0 Å². The molecule has 1 saturated heterocycles. The van der Waals surface area contributed by atoms with E-state index in [1.807, 2.05) is 19.0 Å². The highest BCUT2D eigenvalue weighted by Crippen LogP contribution is 2.22. The molecule has 0 bridgehead atoms. The Balaban J connectivity index is 1.84. The Hall–Kier alpha value is -2.18. The number of rotatable bonds is 5. The van der Waals surface area contributed by atoms with Crippen molar-refractivity contribution in [2.24, 2.45) is 7.05 Å². The molecular weight excluding hydrogens is 280 g/mol. The summed E-state index contributed by atoms with van der Waals surface area (Å²) in [6, 6.07) is 0.226. The number of fused-ring (bicyclic) bond motifs is 1. The predicted molar refractivity (Wildman–Crippen MR) is 84.6 cm³/mol. The number of nitrogens with zero attached hydrogens (tertiary/aromatic N) is 5. The third kappa shape index (κ3) is 2.63. The van der Waals surface area contributed by atoms with Crippen LogP contribution in [0.2, 0.25) is 0 Å². The van der Waals surface area contributed by atoms with E-state index in [9.17, 15) is 4.79 Å². The van der Waals surface area contributed by atoms with Crippen molar-refractivity contribution < 1.29 is 4.79 Å². The van der Waals surface area contributed by atoms with Crippen LogP contribution < -0.4 is 5.32 Å². The van der Waals surface area contributed by atoms with Crippen LogP contribution in [0.3, 0.4) is 0 Å². The highest BCUT2D eigenvalue weighted by Gasteiger charge is 2.27. The van der Waals surface area contributed by atoms with Gasteiger partial charge in [0.1, 0.15) is 11.6 Å². The highest BCUT2D eigenvalue weighted by atomic mass is 16.2. The van der Waals surface area contributed by atoms with E-state index >= 15 is 0 Å². The van der Waals surface area contributed by atoms with E-state index in [-0.39, 0.29) is 11.9 Å². The summed E-state index contributed by atoms with van der Waals surface area (Å²) in [7, 11) is 3.75. The topological polar surface area (TPSA) is 75.9 Å². The quantitative estimate of drug-likeness (QED) is 0.902. The molecule has 0 radical (unpaired) electrons. The molecule has 2 aromatic heterocycles. The van der Waals surface area contributed by atoms with Gasteiger partial charge in [0.25, 0.3) is 0 Å². The lowest BCUT2D eigenvalue weighted by Crippen LogP contribution is -2.34. The summed E-state index contributed by atoms with van der Waals surface area (Å²) in [5.74, 6) is 1.86. The van der Waals surface area contributed by atoms with Gasteiger partial charge in [-0.05, 0) is 12.8 Å². The second-order valence-electron chi connectivity index (χ2n) is 5.82. The van der Waals surface area contributed by atoms with Gasteiger partial charge in [0, 0.05) is 39.5 Å². The summed E-state index contributed by atoms with van der Waals surface area (Å²) >= 11 is 0. The van der Waals surface area contributed by atoms with Crippen molar-refractivity contribution in [1.29, 1.82) is 0 Å². The van der Waals surface area contributed by atoms with E-state index in [4.69, 9.17) is 0 Å². The molecule has 3 rings (SSSR count). The third-order valence-electron chi connectivity index (χ3n) is 4.25. The molecule has 1 aliphatic heterocycles. The van der Waals surface area contributed by atoms with Crippen LogP contribution in [-0.2, 0) is 18.3 Å². The number of nitrogens with one attached hydrogen (secondary N) is 1. The van der Waals surface area contributed by atoms with Crippen molar-refractivity contribution in [2.45, 2.75) is 38.6 Å². The van der Waals surface area contributed by atoms with Crippen molar-refractivity contribution in [3.05, 3.63) is 12.0 Å². The van der Waals surface area contributed by atoms with Crippen molar-refractivity contribution in [3.63, 3.8) is 0 Å². The van der Waals surface area contributed by atoms with Gasteiger partial charge in [-0.2, -0.15) is 5.10 Å². The van der Waals surface area contributed by atoms with Crippen molar-refractivity contribution >= 4 is 22.8 Å². The fourth-order valence-electron chi connectivity index (χ4n) is 2.85. The van der Waals surface area contributed by atoms with Crippen LogP contribution in [0.5, 0.6) is 0 Å². The zero-order chi connectivity index (χ0) is 15.7. The number of carbonyl (C=O) groups excluding carboxylic acids is 1. The lowest BCUT2D eigenvalue weighted by molar-refractivity contribution is -0.127. The minimum Gasteiger partial charge on any atom is -0.367 e. The molecule has 7 nitrogen and oxygen atoms in total. The molecule has 118 valence electrons. The Bertz CT molecular complexity index is 695. The first kappa shape index (κ1) is 14.7. The molecule has 0 saturated carbocycles. The van der Waals surface area contributed by atoms with Crippen molar-refractivity contribution in [2.75, 3.05) is 18.9 Å². The van der Waals surface area contributed by atoms with Crippen LogP contribution >= 0.6 is 0 Å². The zero-order valence-electron chi connectivity index (χ0n) is 13.3. The molecule has 1 atom stereocenters. The maximum atomic E-state index is 11.6. The van der Waals surface area contributed by atoms with Crippen LogP contribution in [0.4, 0.5) is 5.82 Å². The maximum absolute atomic E-state index is 11.6. The van der Waals surface area contributed by atoms with Gasteiger partial charge in [-0.1, -0.05) is 6.92 Å². The molecule has 7 heteroatoms. The molecule has 1 amide bonds. The number of anilines is 1. The van der Waals surface area contributed by atoms with E-state index in [0.717, 1.165) is 41.9 Å². The summed E-state index contributed by atoms with van der Waals surface area (Å²) in [6.45, 7) is 2.82. The summed E-state index contributed by atoms with van der Waals surface area (Å²) in [5.41, 5.74) is 0.844. The molecule has 1 N–H and O–H groups in total. The molecule has 22 heavy (non-hydrogen) atoms. The van der Waals surface area contributed by atoms with Gasteiger partial charge in [0.05, 0.1) is 11.6 Å². The lowest BCUT2D eigenvalue weighted by atomic mass is 10.2. The molecule has 0 aromatic carbocycles. The number of carbonyl (C=O) groups is 1. The first-order valence-corrected chi connectivity index (χ1v) is 7.78. The van der Waals surface area contributed by atoms with E-state index in [1.165, 1.54) is 0 Å². The highest BCUT2D eigenvalue weighted by molar-refractivity contribution is 5.86. The standard InChI is InChI=1S/C15H22N6O/c1-4-5-12-18-14(11-9-17-21(3)15(11)19-12)16-8-10-6-7-13(22)20(10)2/h9-10H,4-8H2,1-3H3,(H,16,18,19). The number of aromatic nitrogens is 4. The van der Waals surface area contributed by atoms with Crippen molar-refractivity contribution in [1.82, 2.24) is 24.6 Å². The smallest absolute Gasteiger partial charge is 0.222 e. The Morgan fingerprint density at radius 1 is 1.36 bits per heavy atom. The number of aryl methyl sites for hydroxylation is 2. The average Bonchev–Trinajstić information content (AvgIpc) is 3.02. The summed E-state index contributed by atoms with van der Waals surface area (Å²) < 4.78 is 1.77. The number of amides is 1. The van der Waals surface area contributed by atoms with Crippen LogP contribution in [0.1, 0.15) is 32.0 Å². The largest absolute Gasteiger partial charge is 0.367 e. The van der Waals surface area contributed by atoms with E-state index in [0.29, 0.717) is 13.0 Å². The summed E-state index contributed by atoms with van der Waals surface area (Å²) in [5, 5.41) is 8.59. The number of hydrogen-bond donors (Lipinski definition) is 1. The Morgan fingerprint density at radius 2 is 2.18 bits per heavy atom. The number of hydrogen-bond acceptors (Lipinski definition) is 5.